The first kappa shape index (κ1) is 119. The Morgan fingerprint density at radius 1 is 0.440 bits per heavy atom. The minimum Gasteiger partial charge on any atom is -0.350 e. The van der Waals surface area contributed by atoms with Gasteiger partial charge in [0.2, 0.25) is 58.7 Å². The monoisotopic (exact) mass is 2080 g/mol. The number of hydrogen-bond donors (Lipinski definition) is 12. The number of likely N-dealkylation sites (N-methyl/N-ethyl adjacent to an activating group) is 1. The maximum atomic E-state index is 14.5. The lowest BCUT2D eigenvalue weighted by Crippen LogP contribution is -2.63. The van der Waals surface area contributed by atoms with Gasteiger partial charge < -0.3 is 83.4 Å². The normalized spacial score (nSPS) is 23.2. The van der Waals surface area contributed by atoms with E-state index < -0.39 is 206 Å². The fraction of sp³-hybridized carbons (Fsp3) is 0.667. The van der Waals surface area contributed by atoms with Crippen LogP contribution in [0.5, 0.6) is 0 Å². The van der Waals surface area contributed by atoms with Crippen LogP contribution in [-0.2, 0) is 62.3 Å². The summed E-state index contributed by atoms with van der Waals surface area (Å²) in [7, 11) is 0. The molecule has 12 rings (SSSR count). The van der Waals surface area contributed by atoms with Gasteiger partial charge in [-0.1, -0.05) is 217 Å². The number of carbonyl (C=O) groups is 20. The number of nitrogens with one attached hydrogen (secondary N) is 12. The summed E-state index contributed by atoms with van der Waals surface area (Å²) in [4.78, 5) is 280. The van der Waals surface area contributed by atoms with Crippen LogP contribution in [0.4, 0.5) is 14.4 Å². The van der Waals surface area contributed by atoms with Gasteiger partial charge in [-0.05, 0) is 147 Å². The van der Waals surface area contributed by atoms with Crippen LogP contribution in [0.15, 0.2) is 68.0 Å². The van der Waals surface area contributed by atoms with E-state index in [1.165, 1.54) is 45.3 Å². The first-order valence-electron chi connectivity index (χ1n) is 52.8. The van der Waals surface area contributed by atoms with E-state index in [1.807, 2.05) is 173 Å². The average molecular weight is 2080 g/mol. The van der Waals surface area contributed by atoms with Gasteiger partial charge in [0.25, 0.3) is 41.4 Å². The Balaban J connectivity index is 0.000000230. The summed E-state index contributed by atoms with van der Waals surface area (Å²) in [5, 5.41) is 33.3. The van der Waals surface area contributed by atoms with Crippen molar-refractivity contribution in [2.75, 3.05) is 65.4 Å². The number of piperidine rings is 4. The molecule has 39 heteroatoms. The highest BCUT2D eigenvalue weighted by Gasteiger charge is 2.73. The number of benzene rings is 1. The molecular formula is C111H163N19O20. The Morgan fingerprint density at radius 2 is 0.780 bits per heavy atom. The molecule has 822 valence electrons. The average Bonchev–Trinajstić information content (AvgIpc) is 1.53. The van der Waals surface area contributed by atoms with Crippen molar-refractivity contribution < 1.29 is 95.9 Å². The maximum absolute atomic E-state index is 14.5. The smallest absolute Gasteiger partial charge is 0.315 e. The third-order valence-corrected chi connectivity index (χ3v) is 31.8. The molecular weight excluding hydrogens is 1920 g/mol. The molecule has 0 bridgehead atoms. The van der Waals surface area contributed by atoms with E-state index in [0.717, 1.165) is 35.5 Å². The minimum absolute atomic E-state index is 0.0373. The number of rotatable bonds is 38. The molecule has 18 atom stereocenters. The third kappa shape index (κ3) is 27.2. The molecule has 6 aliphatic heterocycles. The third-order valence-electron chi connectivity index (χ3n) is 31.8. The van der Waals surface area contributed by atoms with Crippen molar-refractivity contribution in [3.05, 3.63) is 90.3 Å². The van der Waals surface area contributed by atoms with E-state index in [2.05, 4.69) is 87.9 Å². The second-order valence-electron chi connectivity index (χ2n) is 50.2. The number of terminal acetylenes is 1. The molecule has 1 aromatic carbocycles. The van der Waals surface area contributed by atoms with Crippen LogP contribution in [0.3, 0.4) is 0 Å². The lowest BCUT2D eigenvalue weighted by atomic mass is 9.84. The molecule has 4 saturated carbocycles. The van der Waals surface area contributed by atoms with Crippen LogP contribution in [0.25, 0.3) is 0 Å². The molecule has 150 heavy (non-hydrogen) atoms. The van der Waals surface area contributed by atoms with E-state index in [1.54, 1.807) is 36.1 Å². The van der Waals surface area contributed by atoms with Crippen LogP contribution in [0.1, 0.15) is 286 Å². The van der Waals surface area contributed by atoms with Gasteiger partial charge in [0.15, 0.2) is 0 Å². The van der Waals surface area contributed by atoms with Crippen LogP contribution in [-0.4, -0.2) is 290 Å². The Kier molecular flexibility index (Phi) is 37.0. The number of likely N-dealkylation sites (tertiary alicyclic amines) is 4. The largest absolute Gasteiger partial charge is 0.350 e. The van der Waals surface area contributed by atoms with Crippen molar-refractivity contribution >= 4 is 118 Å². The van der Waals surface area contributed by atoms with E-state index in [-0.39, 0.29) is 138 Å². The molecule has 3 unspecified atom stereocenters. The number of urea groups is 3. The van der Waals surface area contributed by atoms with Crippen molar-refractivity contribution in [3.63, 3.8) is 0 Å². The van der Waals surface area contributed by atoms with Crippen molar-refractivity contribution in [3.8, 4) is 12.3 Å². The van der Waals surface area contributed by atoms with E-state index in [9.17, 15) is 95.9 Å². The number of pyridine rings is 1. The fourth-order valence-electron chi connectivity index (χ4n) is 21.8. The number of amides is 20. The van der Waals surface area contributed by atoms with Crippen molar-refractivity contribution in [2.24, 2.45) is 90.2 Å². The van der Waals surface area contributed by atoms with Gasteiger partial charge in [0, 0.05) is 77.6 Å². The SMILES string of the molecule is C#CCCC(NC(=O)[C@@H]1[C@@H]2[C@H](CN1C(=O)[C@@H](NC(=O)N[C@H](CN1CCCCC1=O)C(C)(C)C)C(C)(C)C)C2(C)C)C(=O)C(=O)NCC=C.C=CCNC(=O)C(=O)C(CC1CC1)NC(=O)[C@@H]1[C@@H]2[C@H](CN1C(=O)[C@@H](NC(=O)N[C@H](CN1C(=O)c3ccncc3C1=O)C(C)(C)C)C(C)(C)C)C2(C)C.CCCC(NC(=O)[C@@H]1[C@@H]2[C@H](CN1C(=O)[C@@H](NC(=O)N[C@H](CN1C(=O)c3ccccc3C1=O)C(C)(C)C)C(C)(C)C)C2(C)C)C(=O)C(=O)NCC. The lowest BCUT2D eigenvalue weighted by molar-refractivity contribution is -0.145. The highest BCUT2D eigenvalue weighted by molar-refractivity contribution is 6.39. The predicted octanol–water partition coefficient (Wildman–Crippen LogP) is 7.71. The Bertz CT molecular complexity index is 5540. The first-order valence-corrected chi connectivity index (χ1v) is 52.8. The molecule has 4 aliphatic carbocycles. The van der Waals surface area contributed by atoms with Gasteiger partial charge in [0.05, 0.1) is 71.6 Å². The number of carbonyl (C=O) groups excluding carboxylic acids is 20. The summed E-state index contributed by atoms with van der Waals surface area (Å²) in [5.74, 6) is -6.99. The number of nitrogens with zero attached hydrogens (tertiary/aromatic N) is 7. The number of imide groups is 2. The van der Waals surface area contributed by atoms with Crippen LogP contribution >= 0.6 is 0 Å². The van der Waals surface area contributed by atoms with Gasteiger partial charge >= 0.3 is 18.1 Å². The molecule has 0 radical (unpaired) electrons. The molecule has 39 nitrogen and oxygen atoms in total. The molecule has 4 saturated heterocycles. The maximum Gasteiger partial charge on any atom is 0.315 e. The molecule has 7 heterocycles. The summed E-state index contributed by atoms with van der Waals surface area (Å²) < 4.78 is 0. The number of aromatic nitrogens is 1. The van der Waals surface area contributed by atoms with Crippen molar-refractivity contribution in [2.45, 2.75) is 317 Å². The van der Waals surface area contributed by atoms with Gasteiger partial charge in [0.1, 0.15) is 36.3 Å². The molecule has 1 aromatic heterocycles. The molecule has 20 amide bonds. The zero-order valence-corrected chi connectivity index (χ0v) is 92.6. The number of hydrogen-bond acceptors (Lipinski definition) is 21. The molecule has 8 fully saturated rings. The number of ketones is 3. The summed E-state index contributed by atoms with van der Waals surface area (Å²) in [6, 6.07) is -4.57. The van der Waals surface area contributed by atoms with Gasteiger partial charge in [-0.2, -0.15) is 0 Å². The highest BCUT2D eigenvalue weighted by atomic mass is 16.2. The number of fused-ring (bicyclic) bond motifs is 5. The Morgan fingerprint density at radius 3 is 1.11 bits per heavy atom. The van der Waals surface area contributed by atoms with Crippen molar-refractivity contribution in [1.82, 2.24) is 98.2 Å². The van der Waals surface area contributed by atoms with Gasteiger partial charge in [-0.3, -0.25) is 96.3 Å². The van der Waals surface area contributed by atoms with Crippen LogP contribution in [0.2, 0.25) is 0 Å². The molecule has 2 aromatic rings. The van der Waals surface area contributed by atoms with Crippen LogP contribution in [0, 0.1) is 103 Å². The quantitative estimate of drug-likeness (QED) is 0.0132. The Labute approximate surface area is 882 Å². The molecule has 0 spiro atoms. The summed E-state index contributed by atoms with van der Waals surface area (Å²) >= 11 is 0. The van der Waals surface area contributed by atoms with Gasteiger partial charge in [-0.15, -0.1) is 25.5 Å². The van der Waals surface area contributed by atoms with Gasteiger partial charge in [-0.25, -0.2) is 14.4 Å². The Hall–Kier alpha value is -12.8. The lowest BCUT2D eigenvalue weighted by Gasteiger charge is -2.40. The van der Waals surface area contributed by atoms with Crippen molar-refractivity contribution in [1.29, 1.82) is 0 Å². The van der Waals surface area contributed by atoms with Crippen LogP contribution < -0.4 is 63.8 Å². The molecule has 10 aliphatic rings. The zero-order valence-electron chi connectivity index (χ0n) is 92.6. The number of Topliss-reactive ketones (excluding diaryl/α,β-unsaturated/α-hetero) is 3. The van der Waals surface area contributed by atoms with E-state index in [4.69, 9.17) is 6.42 Å². The first-order chi connectivity index (χ1) is 69.6. The summed E-state index contributed by atoms with van der Waals surface area (Å²) in [5.41, 5.74) is -3.45. The van der Waals surface area contributed by atoms with E-state index in [0.29, 0.717) is 63.1 Å². The summed E-state index contributed by atoms with van der Waals surface area (Å²) in [6.45, 7) is 58.8. The van der Waals surface area contributed by atoms with E-state index >= 15 is 0 Å². The minimum atomic E-state index is -1.17. The zero-order chi connectivity index (χ0) is 112. The topological polar surface area (TPSA) is 518 Å². The second-order valence-corrected chi connectivity index (χ2v) is 50.2. The highest BCUT2D eigenvalue weighted by Crippen LogP contribution is 2.67. The molecule has 12 N–H and O–H groups in total. The fourth-order valence-corrected chi connectivity index (χ4v) is 21.8. The standard InChI is InChI=1S/C38H53N7O7.C37H54N6O7.C36H56N6O6/c1-10-14-40-31(48)28(46)24(16-20-11-12-20)41-30(47)27-26-23(38(26,8)9)18-44(27)34(51)29(37(5,6)7)43-35(52)42-25(36(2,3)4)19-45-32(49)21-13-15-39-17-22(21)33(45)50;1-11-15-23(27(44)30(46)38-12-2)39-29(45)26-25-22(37(25,9)10)18-42(26)33(49)28(36(6,7)8)41-34(50)40-24(35(3,4)5)19-43-31(47)20-16-13-14-17-21(20)32(43)48;1-11-13-16-23(28(44)31(46)37-18-12-2)38-30(45)27-26-22(36(26,9)10)20-42(27)32(47)29(35(6,7)8)40-33(48)39-24(34(3,4)5)21-41-19-15-14-17-25(41)43/h10,13,15,17,20,23-27,29H,1,11-12,14,16,18-19H2,2-9H3,(H,40,48)(H,41,47)(H2,42,43,52);13-14,16-17,22-26,28H,11-12,15,18-19H2,1-10H3,(H,38,46)(H,39,45)(H2,40,41,50);1,12,22-24,26-27,29H,2,13-21H2,3-10H3,(H,37,46)(H,38,45)(H2,39,40,48)/t23-,24?,25+,26-,27-,29+;22-,23?,24+,25-,26-,28+;22-,23?,24+,26-,27-,29+/m000/s1. The predicted molar refractivity (Wildman–Crippen MR) is 561 cm³/mol. The summed E-state index contributed by atoms with van der Waals surface area (Å²) in [6.07, 6.45) is 16.6. The second kappa shape index (κ2) is 46.6.